The van der Waals surface area contributed by atoms with E-state index in [0.717, 1.165) is 15.6 Å². The zero-order valence-corrected chi connectivity index (χ0v) is 15.0. The number of anilines is 1. The number of cyclic esters (lactones) is 1. The van der Waals surface area contributed by atoms with Gasteiger partial charge in [-0.05, 0) is 17.7 Å². The average Bonchev–Trinajstić information content (AvgIpc) is 3.10. The van der Waals surface area contributed by atoms with E-state index >= 15 is 0 Å². The van der Waals surface area contributed by atoms with Gasteiger partial charge in [0.15, 0.2) is 11.9 Å². The Bertz CT molecular complexity index is 1000. The van der Waals surface area contributed by atoms with Crippen LogP contribution in [-0.4, -0.2) is 33.2 Å². The molecule has 8 heteroatoms. The highest BCUT2D eigenvalue weighted by molar-refractivity contribution is 9.10. The summed E-state index contributed by atoms with van der Waals surface area (Å²) in [7, 11) is 0. The molecule has 0 bridgehead atoms. The fourth-order valence-corrected chi connectivity index (χ4v) is 3.23. The highest BCUT2D eigenvalue weighted by Gasteiger charge is 2.31. The van der Waals surface area contributed by atoms with E-state index in [0.29, 0.717) is 17.8 Å². The molecule has 0 aliphatic carbocycles. The minimum atomic E-state index is -0.914. The van der Waals surface area contributed by atoms with Gasteiger partial charge in [0.25, 0.3) is 5.91 Å². The summed E-state index contributed by atoms with van der Waals surface area (Å²) in [4.78, 5) is 28.7. The molecule has 26 heavy (non-hydrogen) atoms. The number of carbonyl (C=O) groups excluding carboxylic acids is 2. The van der Waals surface area contributed by atoms with E-state index in [-0.39, 0.29) is 5.95 Å². The standard InChI is InChI=1S/C18H13BrN4O3/c19-13-8-4-3-7-12(13)15-20-18(23-22-15)21-16(24)14-9-10-5-1-2-6-11(10)17(25)26-14/h1-8,14H,9H2,(H2,20,21,22,23,24)/t14-/m0/s1. The SMILES string of the molecule is O=C1O[C@H](C(=O)Nc2n[nH]c(-c3ccccc3Br)n2)Cc2ccccc21. The fourth-order valence-electron chi connectivity index (χ4n) is 2.76. The van der Waals surface area contributed by atoms with Gasteiger partial charge in [-0.1, -0.05) is 52.3 Å². The predicted molar refractivity (Wildman–Crippen MR) is 97.5 cm³/mol. The normalized spacial score (nSPS) is 15.9. The van der Waals surface area contributed by atoms with E-state index in [1.165, 1.54) is 0 Å². The number of hydrogen-bond acceptors (Lipinski definition) is 5. The van der Waals surface area contributed by atoms with Gasteiger partial charge in [-0.15, -0.1) is 5.10 Å². The Labute approximate surface area is 156 Å². The van der Waals surface area contributed by atoms with Crippen molar-refractivity contribution in [3.05, 3.63) is 64.1 Å². The van der Waals surface area contributed by atoms with Crippen molar-refractivity contribution in [1.82, 2.24) is 15.2 Å². The molecule has 0 radical (unpaired) electrons. The number of ether oxygens (including phenoxy) is 1. The zero-order valence-electron chi connectivity index (χ0n) is 13.4. The number of benzene rings is 2. The van der Waals surface area contributed by atoms with Crippen LogP contribution in [0.1, 0.15) is 15.9 Å². The Morgan fingerprint density at radius 1 is 1.15 bits per heavy atom. The molecule has 1 atom stereocenters. The molecule has 1 aliphatic rings. The first-order chi connectivity index (χ1) is 12.6. The second kappa shape index (κ2) is 6.72. The highest BCUT2D eigenvalue weighted by atomic mass is 79.9. The van der Waals surface area contributed by atoms with E-state index in [1.54, 1.807) is 12.1 Å². The van der Waals surface area contributed by atoms with Gasteiger partial charge in [-0.2, -0.15) is 4.98 Å². The van der Waals surface area contributed by atoms with Crippen molar-refractivity contribution in [2.45, 2.75) is 12.5 Å². The topological polar surface area (TPSA) is 97.0 Å². The summed E-state index contributed by atoms with van der Waals surface area (Å²) in [6.07, 6.45) is -0.599. The molecule has 130 valence electrons. The van der Waals surface area contributed by atoms with Gasteiger partial charge in [0.2, 0.25) is 5.95 Å². The molecule has 2 aromatic carbocycles. The van der Waals surface area contributed by atoms with E-state index in [4.69, 9.17) is 4.74 Å². The summed E-state index contributed by atoms with van der Waals surface area (Å²) in [6.45, 7) is 0. The van der Waals surface area contributed by atoms with Crippen LogP contribution in [0.4, 0.5) is 5.95 Å². The van der Waals surface area contributed by atoms with E-state index in [2.05, 4.69) is 36.4 Å². The van der Waals surface area contributed by atoms with Crippen LogP contribution in [-0.2, 0) is 16.0 Å². The van der Waals surface area contributed by atoms with Crippen molar-refractivity contribution in [1.29, 1.82) is 0 Å². The van der Waals surface area contributed by atoms with Gasteiger partial charge in [0.05, 0.1) is 5.56 Å². The maximum absolute atomic E-state index is 12.4. The summed E-state index contributed by atoms with van der Waals surface area (Å²) < 4.78 is 6.09. The third-order valence-corrected chi connectivity index (χ3v) is 4.73. The molecule has 1 amide bonds. The van der Waals surface area contributed by atoms with Crippen molar-refractivity contribution in [3.8, 4) is 11.4 Å². The summed E-state index contributed by atoms with van der Waals surface area (Å²) in [5.74, 6) is -0.337. The third kappa shape index (κ3) is 3.11. The Kier molecular flexibility index (Phi) is 4.26. The van der Waals surface area contributed by atoms with Gasteiger partial charge in [-0.25, -0.2) is 4.79 Å². The number of esters is 1. The van der Waals surface area contributed by atoms with Crippen LogP contribution in [0.25, 0.3) is 11.4 Å². The van der Waals surface area contributed by atoms with Gasteiger partial charge >= 0.3 is 5.97 Å². The molecular formula is C18H13BrN4O3. The molecule has 2 heterocycles. The molecule has 3 aromatic rings. The number of H-pyrrole nitrogens is 1. The van der Waals surface area contributed by atoms with Gasteiger partial charge in [0, 0.05) is 16.5 Å². The van der Waals surface area contributed by atoms with E-state index in [1.807, 2.05) is 36.4 Å². The van der Waals surface area contributed by atoms with Gasteiger partial charge < -0.3 is 4.74 Å². The van der Waals surface area contributed by atoms with Crippen LogP contribution in [0.15, 0.2) is 53.0 Å². The number of halogens is 1. The Morgan fingerprint density at radius 2 is 1.88 bits per heavy atom. The maximum atomic E-state index is 12.4. The molecule has 0 unspecified atom stereocenters. The molecule has 1 aliphatic heterocycles. The largest absolute Gasteiger partial charge is 0.448 e. The molecule has 2 N–H and O–H groups in total. The Morgan fingerprint density at radius 3 is 2.69 bits per heavy atom. The summed E-state index contributed by atoms with van der Waals surface area (Å²) in [6, 6.07) is 14.6. The number of carbonyl (C=O) groups is 2. The second-order valence-electron chi connectivity index (χ2n) is 5.73. The van der Waals surface area contributed by atoms with E-state index < -0.39 is 18.0 Å². The lowest BCUT2D eigenvalue weighted by Gasteiger charge is -2.23. The number of fused-ring (bicyclic) bond motifs is 1. The number of rotatable bonds is 3. The molecule has 1 aromatic heterocycles. The minimum absolute atomic E-state index is 0.121. The van der Waals surface area contributed by atoms with E-state index in [9.17, 15) is 9.59 Å². The molecule has 0 saturated carbocycles. The average molecular weight is 413 g/mol. The summed E-state index contributed by atoms with van der Waals surface area (Å²) in [5, 5.41) is 9.37. The first kappa shape index (κ1) is 16.5. The summed E-state index contributed by atoms with van der Waals surface area (Å²) >= 11 is 3.45. The van der Waals surface area contributed by atoms with Crippen LogP contribution in [0.2, 0.25) is 0 Å². The zero-order chi connectivity index (χ0) is 18.1. The Hall–Kier alpha value is -3.00. The second-order valence-corrected chi connectivity index (χ2v) is 6.59. The molecule has 0 saturated heterocycles. The number of aromatic nitrogens is 3. The maximum Gasteiger partial charge on any atom is 0.339 e. The van der Waals surface area contributed by atoms with Crippen molar-refractivity contribution >= 4 is 33.8 Å². The van der Waals surface area contributed by atoms with Crippen LogP contribution in [0, 0.1) is 0 Å². The van der Waals surface area contributed by atoms with Crippen LogP contribution in [0.3, 0.4) is 0 Å². The lowest BCUT2D eigenvalue weighted by molar-refractivity contribution is -0.125. The molecule has 7 nitrogen and oxygen atoms in total. The third-order valence-electron chi connectivity index (χ3n) is 4.03. The Balaban J connectivity index is 1.50. The van der Waals surface area contributed by atoms with Crippen molar-refractivity contribution in [3.63, 3.8) is 0 Å². The first-order valence-corrected chi connectivity index (χ1v) is 8.68. The van der Waals surface area contributed by atoms with Crippen molar-refractivity contribution < 1.29 is 14.3 Å². The number of amides is 1. The van der Waals surface area contributed by atoms with Crippen molar-refractivity contribution in [2.75, 3.05) is 5.32 Å². The quantitative estimate of drug-likeness (QED) is 0.644. The van der Waals surface area contributed by atoms with Crippen molar-refractivity contribution in [2.24, 2.45) is 0 Å². The molecule has 0 fully saturated rings. The highest BCUT2D eigenvalue weighted by Crippen LogP contribution is 2.26. The molecular weight excluding hydrogens is 400 g/mol. The lowest BCUT2D eigenvalue weighted by atomic mass is 9.98. The number of nitrogens with zero attached hydrogens (tertiary/aromatic N) is 2. The van der Waals surface area contributed by atoms with Crippen LogP contribution in [0.5, 0.6) is 0 Å². The van der Waals surface area contributed by atoms with Gasteiger partial charge in [-0.3, -0.25) is 15.2 Å². The van der Waals surface area contributed by atoms with Crippen LogP contribution < -0.4 is 5.32 Å². The number of nitrogens with one attached hydrogen (secondary N) is 2. The smallest absolute Gasteiger partial charge is 0.339 e. The fraction of sp³-hybridized carbons (Fsp3) is 0.111. The monoisotopic (exact) mass is 412 g/mol. The number of hydrogen-bond donors (Lipinski definition) is 2. The lowest BCUT2D eigenvalue weighted by Crippen LogP contribution is -2.38. The summed E-state index contributed by atoms with van der Waals surface area (Å²) in [5.41, 5.74) is 2.09. The van der Waals surface area contributed by atoms with Gasteiger partial charge in [0.1, 0.15) is 0 Å². The minimum Gasteiger partial charge on any atom is -0.448 e. The van der Waals surface area contributed by atoms with Crippen LogP contribution >= 0.6 is 15.9 Å². The first-order valence-electron chi connectivity index (χ1n) is 7.89. The molecule has 4 rings (SSSR count). The molecule has 0 spiro atoms. The predicted octanol–water partition coefficient (Wildman–Crippen LogP) is 2.95. The number of aromatic amines is 1.